The third kappa shape index (κ3) is 4.37. The second-order valence-electron chi connectivity index (χ2n) is 6.09. The molecule has 0 aliphatic heterocycles. The summed E-state index contributed by atoms with van der Waals surface area (Å²) in [5, 5.41) is 13.1. The molecule has 0 bridgehead atoms. The molecule has 0 radical (unpaired) electrons. The molecular weight excluding hydrogens is 386 g/mol. The molecule has 2 N–H and O–H groups in total. The van der Waals surface area contributed by atoms with E-state index in [2.05, 4.69) is 5.32 Å². The van der Waals surface area contributed by atoms with Crippen LogP contribution in [-0.2, 0) is 20.7 Å². The minimum Gasteiger partial charge on any atom is -0.508 e. The van der Waals surface area contributed by atoms with Crippen LogP contribution < -0.4 is 10.1 Å². The Balaban J connectivity index is 1.60. The fraction of sp³-hybridized carbons (Fsp3) is 0.200. The summed E-state index contributed by atoms with van der Waals surface area (Å²) in [7, 11) is 1.49. The number of benzene rings is 2. The van der Waals surface area contributed by atoms with Crippen molar-refractivity contribution in [2.24, 2.45) is 0 Å². The van der Waals surface area contributed by atoms with Crippen molar-refractivity contribution in [2.45, 2.75) is 19.4 Å². The van der Waals surface area contributed by atoms with Gasteiger partial charge in [0, 0.05) is 22.7 Å². The second kappa shape index (κ2) is 8.22. The van der Waals surface area contributed by atoms with Crippen LogP contribution >= 0.6 is 11.6 Å². The van der Waals surface area contributed by atoms with E-state index >= 15 is 0 Å². The Bertz CT molecular complexity index is 1030. The number of halogens is 1. The van der Waals surface area contributed by atoms with Crippen LogP contribution in [0.25, 0.3) is 11.0 Å². The number of phenols is 1. The van der Waals surface area contributed by atoms with E-state index in [1.54, 1.807) is 24.3 Å². The first-order valence-corrected chi connectivity index (χ1v) is 8.78. The molecule has 0 fully saturated rings. The molecule has 1 aromatic heterocycles. The van der Waals surface area contributed by atoms with Gasteiger partial charge in [-0.2, -0.15) is 0 Å². The Kier molecular flexibility index (Phi) is 5.75. The molecule has 2 aromatic carbocycles. The molecule has 3 aromatic rings. The number of carbonyl (C=O) groups is 2. The number of phenolic OH excluding ortho intramolecular Hbond substituents is 1. The van der Waals surface area contributed by atoms with Gasteiger partial charge < -0.3 is 24.3 Å². The standard InChI is InChI=1S/C20H18ClNO6/c1-11(20(25)22-13-3-6-17(26-2)16(21)8-13)28-19(24)7-12-10-27-18-9-14(23)4-5-15(12)18/h3-6,8-11,23H,7H2,1-2H3,(H,22,25)/t11-/m1/s1. The summed E-state index contributed by atoms with van der Waals surface area (Å²) in [5.74, 6) is -0.512. The Morgan fingerprint density at radius 1 is 1.25 bits per heavy atom. The van der Waals surface area contributed by atoms with Crippen LogP contribution in [0.4, 0.5) is 5.69 Å². The van der Waals surface area contributed by atoms with E-state index in [1.165, 1.54) is 32.4 Å². The lowest BCUT2D eigenvalue weighted by molar-refractivity contribution is -0.152. The topological polar surface area (TPSA) is 98.0 Å². The molecular formula is C20H18ClNO6. The summed E-state index contributed by atoms with van der Waals surface area (Å²) in [4.78, 5) is 24.5. The van der Waals surface area contributed by atoms with Gasteiger partial charge in [-0.15, -0.1) is 0 Å². The van der Waals surface area contributed by atoms with E-state index < -0.39 is 18.0 Å². The first-order chi connectivity index (χ1) is 13.4. The van der Waals surface area contributed by atoms with E-state index in [-0.39, 0.29) is 12.2 Å². The average Bonchev–Trinajstić information content (AvgIpc) is 3.03. The van der Waals surface area contributed by atoms with Crippen molar-refractivity contribution in [1.29, 1.82) is 0 Å². The molecule has 0 aliphatic carbocycles. The monoisotopic (exact) mass is 403 g/mol. The van der Waals surface area contributed by atoms with Gasteiger partial charge in [0.1, 0.15) is 17.1 Å². The largest absolute Gasteiger partial charge is 0.508 e. The van der Waals surface area contributed by atoms with Crippen molar-refractivity contribution in [1.82, 2.24) is 0 Å². The normalized spacial score (nSPS) is 11.8. The third-order valence-electron chi connectivity index (χ3n) is 4.07. The predicted molar refractivity (Wildman–Crippen MR) is 104 cm³/mol. The predicted octanol–water partition coefficient (Wildman–Crippen LogP) is 3.91. The van der Waals surface area contributed by atoms with E-state index in [9.17, 15) is 14.7 Å². The van der Waals surface area contributed by atoms with E-state index in [1.807, 2.05) is 0 Å². The highest BCUT2D eigenvalue weighted by molar-refractivity contribution is 6.32. The highest BCUT2D eigenvalue weighted by Gasteiger charge is 2.20. The maximum atomic E-state index is 12.3. The number of ether oxygens (including phenoxy) is 2. The minimum atomic E-state index is -1.00. The van der Waals surface area contributed by atoms with Crippen molar-refractivity contribution in [2.75, 3.05) is 12.4 Å². The van der Waals surface area contributed by atoms with Crippen LogP contribution in [0.5, 0.6) is 11.5 Å². The number of furan rings is 1. The van der Waals surface area contributed by atoms with Crippen molar-refractivity contribution in [3.05, 3.63) is 53.2 Å². The number of hydrogen-bond acceptors (Lipinski definition) is 6. The molecule has 0 saturated heterocycles. The molecule has 0 aliphatic rings. The molecule has 8 heteroatoms. The van der Waals surface area contributed by atoms with Gasteiger partial charge in [-0.25, -0.2) is 0 Å². The minimum absolute atomic E-state index is 0.0657. The molecule has 1 heterocycles. The Hall–Kier alpha value is -3.19. The van der Waals surface area contributed by atoms with Gasteiger partial charge >= 0.3 is 5.97 Å². The van der Waals surface area contributed by atoms with Gasteiger partial charge in [0.15, 0.2) is 6.10 Å². The Labute approximate surface area is 165 Å². The number of carbonyl (C=O) groups excluding carboxylic acids is 2. The second-order valence-corrected chi connectivity index (χ2v) is 6.50. The summed E-state index contributed by atoms with van der Waals surface area (Å²) in [6, 6.07) is 9.41. The number of methoxy groups -OCH3 is 1. The maximum absolute atomic E-state index is 12.3. The zero-order valence-corrected chi connectivity index (χ0v) is 15.9. The molecule has 0 unspecified atom stereocenters. The molecule has 1 atom stereocenters. The molecule has 28 heavy (non-hydrogen) atoms. The zero-order chi connectivity index (χ0) is 20.3. The van der Waals surface area contributed by atoms with Crippen molar-refractivity contribution < 1.29 is 28.6 Å². The first-order valence-electron chi connectivity index (χ1n) is 8.40. The fourth-order valence-electron chi connectivity index (χ4n) is 2.64. The summed E-state index contributed by atoms with van der Waals surface area (Å²) in [6.45, 7) is 1.48. The zero-order valence-electron chi connectivity index (χ0n) is 15.2. The molecule has 1 amide bonds. The van der Waals surface area contributed by atoms with Gasteiger partial charge in [0.2, 0.25) is 0 Å². The van der Waals surface area contributed by atoms with Gasteiger partial charge in [0.25, 0.3) is 5.91 Å². The van der Waals surface area contributed by atoms with Gasteiger partial charge in [-0.3, -0.25) is 9.59 Å². The number of amides is 1. The smallest absolute Gasteiger partial charge is 0.311 e. The lowest BCUT2D eigenvalue weighted by Gasteiger charge is -2.14. The number of esters is 1. The first kappa shape index (κ1) is 19.6. The SMILES string of the molecule is COc1ccc(NC(=O)[C@@H](C)OC(=O)Cc2coc3cc(O)ccc23)cc1Cl. The summed E-state index contributed by atoms with van der Waals surface area (Å²) >= 11 is 6.03. The number of fused-ring (bicyclic) bond motifs is 1. The summed E-state index contributed by atoms with van der Waals surface area (Å²) in [6.07, 6.45) is 0.356. The average molecular weight is 404 g/mol. The van der Waals surface area contributed by atoms with Crippen molar-refractivity contribution in [3.63, 3.8) is 0 Å². The van der Waals surface area contributed by atoms with Gasteiger partial charge in [-0.05, 0) is 37.3 Å². The Morgan fingerprint density at radius 2 is 2.04 bits per heavy atom. The molecule has 3 rings (SSSR count). The maximum Gasteiger partial charge on any atom is 0.311 e. The van der Waals surface area contributed by atoms with Crippen LogP contribution in [0.1, 0.15) is 12.5 Å². The third-order valence-corrected chi connectivity index (χ3v) is 4.37. The van der Waals surface area contributed by atoms with Crippen LogP contribution in [0.2, 0.25) is 5.02 Å². The quantitative estimate of drug-likeness (QED) is 0.605. The van der Waals surface area contributed by atoms with Gasteiger partial charge in [0.05, 0.1) is 24.8 Å². The van der Waals surface area contributed by atoms with Crippen LogP contribution in [-0.4, -0.2) is 30.2 Å². The highest BCUT2D eigenvalue weighted by atomic mass is 35.5. The van der Waals surface area contributed by atoms with Gasteiger partial charge in [-0.1, -0.05) is 11.6 Å². The molecule has 0 saturated carbocycles. The highest BCUT2D eigenvalue weighted by Crippen LogP contribution is 2.28. The number of hydrogen-bond donors (Lipinski definition) is 2. The number of rotatable bonds is 6. The van der Waals surface area contributed by atoms with Crippen LogP contribution in [0, 0.1) is 0 Å². The molecule has 146 valence electrons. The van der Waals surface area contributed by atoms with Crippen molar-refractivity contribution >= 4 is 40.1 Å². The van der Waals surface area contributed by atoms with E-state index in [4.69, 9.17) is 25.5 Å². The van der Waals surface area contributed by atoms with Crippen LogP contribution in [0.15, 0.2) is 47.1 Å². The Morgan fingerprint density at radius 3 is 2.75 bits per heavy atom. The molecule has 0 spiro atoms. The number of nitrogens with one attached hydrogen (secondary N) is 1. The van der Waals surface area contributed by atoms with E-state index in [0.717, 1.165) is 0 Å². The van der Waals surface area contributed by atoms with Crippen LogP contribution in [0.3, 0.4) is 0 Å². The lowest BCUT2D eigenvalue weighted by atomic mass is 10.1. The van der Waals surface area contributed by atoms with E-state index in [0.29, 0.717) is 33.0 Å². The lowest BCUT2D eigenvalue weighted by Crippen LogP contribution is -2.30. The number of anilines is 1. The molecule has 7 nitrogen and oxygen atoms in total. The fourth-order valence-corrected chi connectivity index (χ4v) is 2.90. The summed E-state index contributed by atoms with van der Waals surface area (Å²) < 4.78 is 15.6. The number of aromatic hydroxyl groups is 1. The van der Waals surface area contributed by atoms with Crippen molar-refractivity contribution in [3.8, 4) is 11.5 Å². The summed E-state index contributed by atoms with van der Waals surface area (Å²) in [5.41, 5.74) is 1.53.